The van der Waals surface area contributed by atoms with Crippen molar-refractivity contribution in [2.75, 3.05) is 31.6 Å². The Morgan fingerprint density at radius 1 is 1.00 bits per heavy atom. The molecule has 1 aliphatic rings. The van der Waals surface area contributed by atoms with E-state index in [1.165, 1.54) is 0 Å². The number of nitrogens with one attached hydrogen (secondary N) is 1. The number of rotatable bonds is 3. The molecule has 0 saturated carbocycles. The van der Waals surface area contributed by atoms with E-state index in [1.54, 1.807) is 29.2 Å². The molecule has 5 nitrogen and oxygen atoms in total. The minimum absolute atomic E-state index is 0.0662. The number of amides is 2. The summed E-state index contributed by atoms with van der Waals surface area (Å²) >= 11 is 0. The Balaban J connectivity index is 1.74. The van der Waals surface area contributed by atoms with Crippen molar-refractivity contribution in [3.8, 4) is 0 Å². The van der Waals surface area contributed by atoms with Crippen LogP contribution in [-0.2, 0) is 4.74 Å². The van der Waals surface area contributed by atoms with E-state index in [1.807, 2.05) is 31.2 Å². The second-order valence-electron chi connectivity index (χ2n) is 5.81. The van der Waals surface area contributed by atoms with E-state index in [9.17, 15) is 9.59 Å². The maximum absolute atomic E-state index is 12.5. The summed E-state index contributed by atoms with van der Waals surface area (Å²) in [7, 11) is 0. The molecule has 5 heteroatoms. The predicted molar refractivity (Wildman–Crippen MR) is 92.3 cm³/mol. The highest BCUT2D eigenvalue weighted by atomic mass is 16.5. The topological polar surface area (TPSA) is 58.6 Å². The zero-order valence-electron chi connectivity index (χ0n) is 13.6. The predicted octanol–water partition coefficient (Wildman–Crippen LogP) is 2.72. The van der Waals surface area contributed by atoms with E-state index >= 15 is 0 Å². The third kappa shape index (κ3) is 3.81. The lowest BCUT2D eigenvalue weighted by molar-refractivity contribution is 0.0303. The van der Waals surface area contributed by atoms with Crippen LogP contribution in [0.4, 0.5) is 5.69 Å². The Bertz CT molecular complexity index is 752. The SMILES string of the molecule is Cc1cccc(NC(=O)c2cccc(C(=O)N3CCOCC3)c2)c1. The quantitative estimate of drug-likeness (QED) is 0.944. The third-order valence-corrected chi connectivity index (χ3v) is 3.95. The summed E-state index contributed by atoms with van der Waals surface area (Å²) in [4.78, 5) is 26.7. The van der Waals surface area contributed by atoms with Crippen LogP contribution in [0, 0.1) is 6.92 Å². The van der Waals surface area contributed by atoms with Gasteiger partial charge in [0.05, 0.1) is 13.2 Å². The molecule has 0 aromatic heterocycles. The van der Waals surface area contributed by atoms with E-state index in [4.69, 9.17) is 4.74 Å². The molecule has 0 bridgehead atoms. The zero-order valence-corrected chi connectivity index (χ0v) is 13.6. The monoisotopic (exact) mass is 324 g/mol. The van der Waals surface area contributed by atoms with Gasteiger partial charge in [0.2, 0.25) is 0 Å². The van der Waals surface area contributed by atoms with E-state index in [2.05, 4.69) is 5.32 Å². The lowest BCUT2D eigenvalue weighted by Crippen LogP contribution is -2.40. The maximum atomic E-state index is 12.5. The van der Waals surface area contributed by atoms with E-state index < -0.39 is 0 Å². The Kier molecular flexibility index (Phi) is 4.91. The van der Waals surface area contributed by atoms with Crippen molar-refractivity contribution >= 4 is 17.5 Å². The maximum Gasteiger partial charge on any atom is 0.255 e. The van der Waals surface area contributed by atoms with Gasteiger partial charge < -0.3 is 15.0 Å². The highest BCUT2D eigenvalue weighted by Crippen LogP contribution is 2.14. The molecule has 2 aromatic rings. The molecule has 0 unspecified atom stereocenters. The first kappa shape index (κ1) is 16.2. The van der Waals surface area contributed by atoms with Crippen molar-refractivity contribution in [3.05, 3.63) is 65.2 Å². The van der Waals surface area contributed by atoms with Crippen molar-refractivity contribution in [1.82, 2.24) is 4.90 Å². The lowest BCUT2D eigenvalue weighted by atomic mass is 10.1. The Morgan fingerprint density at radius 2 is 1.71 bits per heavy atom. The highest BCUT2D eigenvalue weighted by Gasteiger charge is 2.19. The Morgan fingerprint density at radius 3 is 2.46 bits per heavy atom. The van der Waals surface area contributed by atoms with Gasteiger partial charge in [0.25, 0.3) is 11.8 Å². The van der Waals surface area contributed by atoms with Gasteiger partial charge in [-0.05, 0) is 42.8 Å². The second-order valence-corrected chi connectivity index (χ2v) is 5.81. The van der Waals surface area contributed by atoms with Gasteiger partial charge in [-0.2, -0.15) is 0 Å². The summed E-state index contributed by atoms with van der Waals surface area (Å²) in [5.74, 6) is -0.291. The number of carbonyl (C=O) groups is 2. The number of nitrogens with zero attached hydrogens (tertiary/aromatic N) is 1. The van der Waals surface area contributed by atoms with Crippen molar-refractivity contribution in [3.63, 3.8) is 0 Å². The van der Waals surface area contributed by atoms with Crippen LogP contribution in [0.1, 0.15) is 26.3 Å². The summed E-state index contributed by atoms with van der Waals surface area (Å²) in [5, 5.41) is 2.86. The third-order valence-electron chi connectivity index (χ3n) is 3.95. The average molecular weight is 324 g/mol. The number of carbonyl (C=O) groups excluding carboxylic acids is 2. The molecule has 3 rings (SSSR count). The lowest BCUT2D eigenvalue weighted by Gasteiger charge is -2.27. The number of hydrogen-bond donors (Lipinski definition) is 1. The molecule has 1 heterocycles. The molecule has 0 aliphatic carbocycles. The first-order valence-electron chi connectivity index (χ1n) is 7.98. The van der Waals surface area contributed by atoms with Gasteiger partial charge in [0.1, 0.15) is 0 Å². The average Bonchev–Trinajstić information content (AvgIpc) is 2.62. The van der Waals surface area contributed by atoms with Crippen LogP contribution in [0.2, 0.25) is 0 Å². The standard InChI is InChI=1S/C19H20N2O3/c1-14-4-2-7-17(12-14)20-18(22)15-5-3-6-16(13-15)19(23)21-8-10-24-11-9-21/h2-7,12-13H,8-11H2,1H3,(H,20,22). The van der Waals surface area contributed by atoms with Gasteiger partial charge >= 0.3 is 0 Å². The first-order chi connectivity index (χ1) is 11.6. The fourth-order valence-electron chi connectivity index (χ4n) is 2.67. The van der Waals surface area contributed by atoms with Crippen LogP contribution in [0.25, 0.3) is 0 Å². The van der Waals surface area contributed by atoms with Crippen molar-refractivity contribution in [2.24, 2.45) is 0 Å². The number of benzene rings is 2. The summed E-state index contributed by atoms with van der Waals surface area (Å²) in [6.45, 7) is 4.24. The fraction of sp³-hybridized carbons (Fsp3) is 0.263. The van der Waals surface area contributed by atoms with E-state index in [0.717, 1.165) is 11.3 Å². The Labute approximate surface area is 141 Å². The van der Waals surface area contributed by atoms with Gasteiger partial charge in [0.15, 0.2) is 0 Å². The van der Waals surface area contributed by atoms with Gasteiger partial charge in [-0.3, -0.25) is 9.59 Å². The first-order valence-corrected chi connectivity index (χ1v) is 7.98. The zero-order chi connectivity index (χ0) is 16.9. The molecule has 24 heavy (non-hydrogen) atoms. The van der Waals surface area contributed by atoms with Crippen LogP contribution >= 0.6 is 0 Å². The van der Waals surface area contributed by atoms with Gasteiger partial charge in [-0.25, -0.2) is 0 Å². The molecule has 1 saturated heterocycles. The largest absolute Gasteiger partial charge is 0.378 e. The summed E-state index contributed by atoms with van der Waals surface area (Å²) in [6, 6.07) is 14.4. The molecule has 1 fully saturated rings. The summed E-state index contributed by atoms with van der Waals surface area (Å²) in [5.41, 5.74) is 2.80. The number of hydrogen-bond acceptors (Lipinski definition) is 3. The van der Waals surface area contributed by atoms with Crippen molar-refractivity contribution in [2.45, 2.75) is 6.92 Å². The Hall–Kier alpha value is -2.66. The minimum atomic E-state index is -0.225. The van der Waals surface area contributed by atoms with E-state index in [0.29, 0.717) is 37.4 Å². The fourth-order valence-corrected chi connectivity index (χ4v) is 2.67. The van der Waals surface area contributed by atoms with Crippen LogP contribution in [0.3, 0.4) is 0 Å². The van der Waals surface area contributed by atoms with Crippen molar-refractivity contribution < 1.29 is 14.3 Å². The molecule has 2 aromatic carbocycles. The normalized spacial score (nSPS) is 14.3. The molecule has 0 radical (unpaired) electrons. The summed E-state index contributed by atoms with van der Waals surface area (Å²) < 4.78 is 5.27. The number of aryl methyl sites for hydroxylation is 1. The number of anilines is 1. The van der Waals surface area contributed by atoms with Gasteiger partial charge in [-0.15, -0.1) is 0 Å². The molecular formula is C19H20N2O3. The van der Waals surface area contributed by atoms with Crippen LogP contribution < -0.4 is 5.32 Å². The van der Waals surface area contributed by atoms with Crippen LogP contribution in [0.15, 0.2) is 48.5 Å². The number of morpholine rings is 1. The molecular weight excluding hydrogens is 304 g/mol. The second kappa shape index (κ2) is 7.27. The molecule has 0 spiro atoms. The van der Waals surface area contributed by atoms with Crippen molar-refractivity contribution in [1.29, 1.82) is 0 Å². The highest BCUT2D eigenvalue weighted by molar-refractivity contribution is 6.06. The molecule has 1 N–H and O–H groups in total. The molecule has 1 aliphatic heterocycles. The minimum Gasteiger partial charge on any atom is -0.378 e. The molecule has 0 atom stereocenters. The van der Waals surface area contributed by atoms with Crippen LogP contribution in [-0.4, -0.2) is 43.0 Å². The summed E-state index contributed by atoms with van der Waals surface area (Å²) in [6.07, 6.45) is 0. The number of ether oxygens (including phenoxy) is 1. The molecule has 124 valence electrons. The molecule has 2 amide bonds. The van der Waals surface area contributed by atoms with Gasteiger partial charge in [0, 0.05) is 29.9 Å². The van der Waals surface area contributed by atoms with Crippen LogP contribution in [0.5, 0.6) is 0 Å². The smallest absolute Gasteiger partial charge is 0.255 e. The van der Waals surface area contributed by atoms with E-state index in [-0.39, 0.29) is 11.8 Å². The van der Waals surface area contributed by atoms with Gasteiger partial charge in [-0.1, -0.05) is 18.2 Å².